The lowest BCUT2D eigenvalue weighted by Gasteiger charge is -2.39. The molecule has 1 atom stereocenters. The molecule has 2 aliphatic heterocycles. The van der Waals surface area contributed by atoms with Gasteiger partial charge in [-0.1, -0.05) is 31.2 Å². The van der Waals surface area contributed by atoms with E-state index in [4.69, 9.17) is 9.47 Å². The van der Waals surface area contributed by atoms with Crippen LogP contribution < -0.4 is 0 Å². The number of amides is 1. The van der Waals surface area contributed by atoms with Crippen molar-refractivity contribution in [3.8, 4) is 0 Å². The molecule has 2 aliphatic rings. The van der Waals surface area contributed by atoms with Crippen LogP contribution in [0.25, 0.3) is 10.8 Å². The number of benzene rings is 2. The smallest absolute Gasteiger partial charge is 0.255 e. The fourth-order valence-corrected chi connectivity index (χ4v) is 5.27. The second kappa shape index (κ2) is 8.85. The molecular weight excluding hydrogens is 370 g/mol. The average Bonchev–Trinajstić information content (AvgIpc) is 2.99. The zero-order valence-corrected chi connectivity index (χ0v) is 17.4. The van der Waals surface area contributed by atoms with Gasteiger partial charge < -0.3 is 14.4 Å². The highest BCUT2D eigenvalue weighted by atomic mass is 32.2. The molecule has 1 fully saturated rings. The predicted molar refractivity (Wildman–Crippen MR) is 115 cm³/mol. The highest BCUT2D eigenvalue weighted by Crippen LogP contribution is 2.44. The maximum Gasteiger partial charge on any atom is 0.255 e. The van der Waals surface area contributed by atoms with Crippen LogP contribution in [0.3, 0.4) is 0 Å². The van der Waals surface area contributed by atoms with Gasteiger partial charge in [-0.3, -0.25) is 4.79 Å². The number of thioether (sulfide) groups is 1. The van der Waals surface area contributed by atoms with Crippen LogP contribution in [-0.4, -0.2) is 55.3 Å². The van der Waals surface area contributed by atoms with Crippen LogP contribution in [0.1, 0.15) is 42.1 Å². The molecule has 0 bridgehead atoms. The van der Waals surface area contributed by atoms with Crippen LogP contribution in [0.4, 0.5) is 0 Å². The Morgan fingerprint density at radius 3 is 2.68 bits per heavy atom. The van der Waals surface area contributed by atoms with Gasteiger partial charge in [0.25, 0.3) is 5.91 Å². The van der Waals surface area contributed by atoms with E-state index in [1.807, 2.05) is 22.7 Å². The van der Waals surface area contributed by atoms with Crippen molar-refractivity contribution in [2.24, 2.45) is 0 Å². The van der Waals surface area contributed by atoms with E-state index < -0.39 is 0 Å². The van der Waals surface area contributed by atoms with Crippen molar-refractivity contribution in [1.82, 2.24) is 4.90 Å². The number of nitrogens with zero attached hydrogens (tertiary/aromatic N) is 1. The van der Waals surface area contributed by atoms with Crippen LogP contribution in [0, 0.1) is 0 Å². The Morgan fingerprint density at radius 1 is 1.07 bits per heavy atom. The number of carbonyl (C=O) groups excluding carboxylic acids is 1. The van der Waals surface area contributed by atoms with E-state index in [0.29, 0.717) is 33.0 Å². The second-order valence-corrected chi connectivity index (χ2v) is 8.84. The van der Waals surface area contributed by atoms with Crippen molar-refractivity contribution in [2.75, 3.05) is 44.5 Å². The summed E-state index contributed by atoms with van der Waals surface area (Å²) in [5.41, 5.74) is 1.60. The lowest BCUT2D eigenvalue weighted by atomic mass is 9.84. The summed E-state index contributed by atoms with van der Waals surface area (Å²) >= 11 is 2.00. The van der Waals surface area contributed by atoms with Gasteiger partial charge in [0.15, 0.2) is 0 Å². The quantitative estimate of drug-likeness (QED) is 0.672. The molecule has 150 valence electrons. The molecule has 2 aromatic carbocycles. The Labute approximate surface area is 171 Å². The average molecular weight is 400 g/mol. The van der Waals surface area contributed by atoms with E-state index in [0.717, 1.165) is 35.1 Å². The van der Waals surface area contributed by atoms with Crippen molar-refractivity contribution >= 4 is 28.4 Å². The Bertz CT molecular complexity index is 840. The van der Waals surface area contributed by atoms with Crippen molar-refractivity contribution < 1.29 is 14.3 Å². The molecule has 0 spiro atoms. The lowest BCUT2D eigenvalue weighted by molar-refractivity contribution is 0.00441. The van der Waals surface area contributed by atoms with Crippen LogP contribution >= 0.6 is 11.8 Å². The monoisotopic (exact) mass is 399 g/mol. The largest absolute Gasteiger partial charge is 0.377 e. The van der Waals surface area contributed by atoms with Crippen molar-refractivity contribution in [1.29, 1.82) is 0 Å². The second-order valence-electron chi connectivity index (χ2n) is 7.61. The fourth-order valence-electron chi connectivity index (χ4n) is 4.43. The summed E-state index contributed by atoms with van der Waals surface area (Å²) in [4.78, 5) is 15.4. The summed E-state index contributed by atoms with van der Waals surface area (Å²) in [6.07, 6.45) is 3.21. The molecule has 1 amide bonds. The molecule has 5 heteroatoms. The van der Waals surface area contributed by atoms with Gasteiger partial charge in [-0.15, -0.1) is 0 Å². The molecule has 28 heavy (non-hydrogen) atoms. The minimum Gasteiger partial charge on any atom is -0.377 e. The Balaban J connectivity index is 1.73. The SMILES string of the molecule is CCCSCCCC12COCCOCCN1C(=O)c1cc3ccccc3cc12. The molecule has 1 unspecified atom stereocenters. The summed E-state index contributed by atoms with van der Waals surface area (Å²) in [6.45, 7) is 5.12. The number of carbonyl (C=O) groups is 1. The molecule has 0 saturated carbocycles. The third-order valence-corrected chi connectivity index (χ3v) is 7.05. The molecule has 1 saturated heterocycles. The molecule has 2 heterocycles. The summed E-state index contributed by atoms with van der Waals surface area (Å²) in [6, 6.07) is 12.6. The first-order valence-corrected chi connectivity index (χ1v) is 11.5. The summed E-state index contributed by atoms with van der Waals surface area (Å²) in [5.74, 6) is 2.44. The molecule has 0 radical (unpaired) electrons. The predicted octanol–water partition coefficient (Wildman–Crippen LogP) is 4.46. The molecule has 2 aromatic rings. The number of hydrogen-bond acceptors (Lipinski definition) is 4. The minimum atomic E-state index is -0.378. The lowest BCUT2D eigenvalue weighted by Crippen LogP contribution is -2.48. The molecule has 0 aliphatic carbocycles. The van der Waals surface area contributed by atoms with Gasteiger partial charge in [-0.2, -0.15) is 11.8 Å². The van der Waals surface area contributed by atoms with Crippen LogP contribution in [0.5, 0.6) is 0 Å². The molecule has 4 rings (SSSR count). The van der Waals surface area contributed by atoms with Gasteiger partial charge in [0, 0.05) is 12.1 Å². The molecule has 0 aromatic heterocycles. The van der Waals surface area contributed by atoms with E-state index in [1.54, 1.807) is 0 Å². The van der Waals surface area contributed by atoms with Gasteiger partial charge in [-0.25, -0.2) is 0 Å². The topological polar surface area (TPSA) is 38.8 Å². The van der Waals surface area contributed by atoms with E-state index >= 15 is 0 Å². The maximum atomic E-state index is 13.4. The Hall–Kier alpha value is -1.56. The molecule has 0 N–H and O–H groups in total. The molecule has 4 nitrogen and oxygen atoms in total. The first kappa shape index (κ1) is 19.7. The highest BCUT2D eigenvalue weighted by molar-refractivity contribution is 7.99. The summed E-state index contributed by atoms with van der Waals surface area (Å²) < 4.78 is 11.7. The fraction of sp³-hybridized carbons (Fsp3) is 0.522. The van der Waals surface area contributed by atoms with Crippen LogP contribution in [0.2, 0.25) is 0 Å². The summed E-state index contributed by atoms with van der Waals surface area (Å²) in [7, 11) is 0. The number of hydrogen-bond donors (Lipinski definition) is 0. The van der Waals surface area contributed by atoms with Gasteiger partial charge in [0.1, 0.15) is 0 Å². The van der Waals surface area contributed by atoms with E-state index in [2.05, 4.69) is 37.3 Å². The van der Waals surface area contributed by atoms with Crippen LogP contribution in [-0.2, 0) is 15.0 Å². The number of rotatable bonds is 6. The van der Waals surface area contributed by atoms with Crippen molar-refractivity contribution in [2.45, 2.75) is 31.7 Å². The van der Waals surface area contributed by atoms with E-state index in [1.165, 1.54) is 17.6 Å². The van der Waals surface area contributed by atoms with Gasteiger partial charge in [0.2, 0.25) is 0 Å². The zero-order chi connectivity index (χ0) is 19.4. The molecular formula is C23H29NO3S. The van der Waals surface area contributed by atoms with E-state index in [-0.39, 0.29) is 11.4 Å². The summed E-state index contributed by atoms with van der Waals surface area (Å²) in [5, 5.41) is 2.31. The van der Waals surface area contributed by atoms with Gasteiger partial charge in [-0.05, 0) is 59.2 Å². The number of fused-ring (bicyclic) bond motifs is 4. The first-order chi connectivity index (χ1) is 13.8. The third-order valence-electron chi connectivity index (χ3n) is 5.78. The first-order valence-electron chi connectivity index (χ1n) is 10.3. The van der Waals surface area contributed by atoms with Gasteiger partial charge >= 0.3 is 0 Å². The normalized spacial score (nSPS) is 22.5. The van der Waals surface area contributed by atoms with E-state index in [9.17, 15) is 4.79 Å². The Morgan fingerprint density at radius 2 is 1.86 bits per heavy atom. The zero-order valence-electron chi connectivity index (χ0n) is 16.6. The van der Waals surface area contributed by atoms with Gasteiger partial charge in [0.05, 0.1) is 32.0 Å². The maximum absolute atomic E-state index is 13.4. The van der Waals surface area contributed by atoms with Crippen molar-refractivity contribution in [3.63, 3.8) is 0 Å². The standard InChI is InChI=1S/C23H29NO3S/c1-2-13-28-14-5-8-23-17-27-12-11-26-10-9-24(23)22(25)20-15-18-6-3-4-7-19(18)16-21(20)23/h3-4,6-7,15-16H,2,5,8-14,17H2,1H3. The third kappa shape index (κ3) is 3.68. The van der Waals surface area contributed by atoms with Crippen molar-refractivity contribution in [3.05, 3.63) is 47.5 Å². The van der Waals surface area contributed by atoms with Crippen LogP contribution in [0.15, 0.2) is 36.4 Å². The number of ether oxygens (including phenoxy) is 2. The minimum absolute atomic E-state index is 0.121. The Kier molecular flexibility index (Phi) is 6.24. The highest BCUT2D eigenvalue weighted by Gasteiger charge is 2.49.